The van der Waals surface area contributed by atoms with Gasteiger partial charge in [-0.3, -0.25) is 4.98 Å². The van der Waals surface area contributed by atoms with E-state index in [-0.39, 0.29) is 5.54 Å². The normalized spacial score (nSPS) is 11.6. The third kappa shape index (κ3) is 5.45. The zero-order valence-electron chi connectivity index (χ0n) is 12.3. The van der Waals surface area contributed by atoms with Crippen molar-refractivity contribution in [3.8, 4) is 0 Å². The number of nitrogens with zero attached hydrogens (tertiary/aromatic N) is 3. The Labute approximate surface area is 111 Å². The molecule has 0 aliphatic carbocycles. The molecular formula is C14H26N4. The van der Waals surface area contributed by atoms with E-state index in [0.717, 1.165) is 24.6 Å². The van der Waals surface area contributed by atoms with Gasteiger partial charge in [0.05, 0.1) is 11.9 Å². The van der Waals surface area contributed by atoms with E-state index >= 15 is 0 Å². The van der Waals surface area contributed by atoms with Gasteiger partial charge in [0.25, 0.3) is 0 Å². The van der Waals surface area contributed by atoms with E-state index in [0.29, 0.717) is 0 Å². The fourth-order valence-electron chi connectivity index (χ4n) is 1.53. The minimum absolute atomic E-state index is 0.103. The van der Waals surface area contributed by atoms with Crippen LogP contribution in [0.3, 0.4) is 0 Å². The quantitative estimate of drug-likeness (QED) is 0.842. The first-order valence-corrected chi connectivity index (χ1v) is 6.69. The summed E-state index contributed by atoms with van der Waals surface area (Å²) in [6, 6.07) is 0. The lowest BCUT2D eigenvalue weighted by Crippen LogP contribution is -2.35. The zero-order chi connectivity index (χ0) is 13.6. The number of nitrogens with one attached hydrogen (secondary N) is 1. The van der Waals surface area contributed by atoms with Crippen molar-refractivity contribution >= 4 is 5.82 Å². The standard InChI is InChI=1S/C14H26N4/c1-6-7-8-18(5)13-11-15-9-12(17-13)10-16-14(2,3)4/h9,11,16H,6-8,10H2,1-5H3. The second-order valence-corrected chi connectivity index (χ2v) is 5.75. The van der Waals surface area contributed by atoms with Gasteiger partial charge in [0.1, 0.15) is 5.82 Å². The van der Waals surface area contributed by atoms with E-state index in [1.165, 1.54) is 12.8 Å². The van der Waals surface area contributed by atoms with Gasteiger partial charge in [-0.25, -0.2) is 4.98 Å². The summed E-state index contributed by atoms with van der Waals surface area (Å²) in [6.45, 7) is 10.4. The SMILES string of the molecule is CCCCN(C)c1cncc(CNC(C)(C)C)n1. The minimum atomic E-state index is 0.103. The van der Waals surface area contributed by atoms with Crippen molar-refractivity contribution in [3.63, 3.8) is 0 Å². The second kappa shape index (κ2) is 6.69. The van der Waals surface area contributed by atoms with Crippen LogP contribution in [0.5, 0.6) is 0 Å². The summed E-state index contributed by atoms with van der Waals surface area (Å²) in [5, 5.41) is 3.43. The fourth-order valence-corrected chi connectivity index (χ4v) is 1.53. The molecule has 0 radical (unpaired) electrons. The molecule has 0 unspecified atom stereocenters. The first-order chi connectivity index (χ1) is 8.42. The largest absolute Gasteiger partial charge is 0.358 e. The topological polar surface area (TPSA) is 41.1 Å². The maximum atomic E-state index is 4.63. The molecule has 0 spiro atoms. The number of hydrogen-bond donors (Lipinski definition) is 1. The van der Waals surface area contributed by atoms with Crippen LogP contribution in [-0.4, -0.2) is 29.1 Å². The highest BCUT2D eigenvalue weighted by Crippen LogP contribution is 2.09. The van der Waals surface area contributed by atoms with Crippen molar-refractivity contribution in [1.29, 1.82) is 0 Å². The summed E-state index contributed by atoms with van der Waals surface area (Å²) < 4.78 is 0. The van der Waals surface area contributed by atoms with Gasteiger partial charge >= 0.3 is 0 Å². The number of hydrogen-bond acceptors (Lipinski definition) is 4. The lowest BCUT2D eigenvalue weighted by Gasteiger charge is -2.21. The Balaban J connectivity index is 2.61. The third-order valence-electron chi connectivity index (χ3n) is 2.71. The van der Waals surface area contributed by atoms with Crippen LogP contribution in [0.25, 0.3) is 0 Å². The van der Waals surface area contributed by atoms with E-state index in [4.69, 9.17) is 0 Å². The predicted octanol–water partition coefficient (Wildman–Crippen LogP) is 2.60. The Morgan fingerprint density at radius 2 is 2.00 bits per heavy atom. The Morgan fingerprint density at radius 3 is 2.61 bits per heavy atom. The van der Waals surface area contributed by atoms with Crippen LogP contribution in [0.15, 0.2) is 12.4 Å². The summed E-state index contributed by atoms with van der Waals surface area (Å²) >= 11 is 0. The smallest absolute Gasteiger partial charge is 0.147 e. The van der Waals surface area contributed by atoms with Crippen LogP contribution in [0.4, 0.5) is 5.82 Å². The third-order valence-corrected chi connectivity index (χ3v) is 2.71. The van der Waals surface area contributed by atoms with Crippen molar-refractivity contribution in [2.45, 2.75) is 52.6 Å². The first kappa shape index (κ1) is 14.9. The van der Waals surface area contributed by atoms with Gasteiger partial charge in [-0.05, 0) is 27.2 Å². The number of anilines is 1. The van der Waals surface area contributed by atoms with Crippen LogP contribution >= 0.6 is 0 Å². The maximum Gasteiger partial charge on any atom is 0.147 e. The van der Waals surface area contributed by atoms with Crippen molar-refractivity contribution in [1.82, 2.24) is 15.3 Å². The van der Waals surface area contributed by atoms with E-state index in [9.17, 15) is 0 Å². The highest BCUT2D eigenvalue weighted by Gasteiger charge is 2.10. The molecular weight excluding hydrogens is 224 g/mol. The molecule has 0 aromatic carbocycles. The highest BCUT2D eigenvalue weighted by molar-refractivity contribution is 5.34. The molecule has 0 aliphatic heterocycles. The van der Waals surface area contributed by atoms with E-state index in [1.54, 1.807) is 0 Å². The molecule has 0 saturated heterocycles. The predicted molar refractivity (Wildman–Crippen MR) is 76.8 cm³/mol. The Bertz CT molecular complexity index is 357. The van der Waals surface area contributed by atoms with Crippen molar-refractivity contribution in [2.24, 2.45) is 0 Å². The molecule has 18 heavy (non-hydrogen) atoms. The maximum absolute atomic E-state index is 4.63. The Hall–Kier alpha value is -1.16. The summed E-state index contributed by atoms with van der Waals surface area (Å²) in [5.74, 6) is 0.955. The van der Waals surface area contributed by atoms with Crippen LogP contribution in [-0.2, 0) is 6.54 Å². The fraction of sp³-hybridized carbons (Fsp3) is 0.714. The minimum Gasteiger partial charge on any atom is -0.358 e. The lowest BCUT2D eigenvalue weighted by molar-refractivity contribution is 0.421. The van der Waals surface area contributed by atoms with E-state index in [1.807, 2.05) is 12.4 Å². The van der Waals surface area contributed by atoms with Crippen molar-refractivity contribution < 1.29 is 0 Å². The van der Waals surface area contributed by atoms with Gasteiger partial charge in [-0.1, -0.05) is 13.3 Å². The summed E-state index contributed by atoms with van der Waals surface area (Å²) in [5.41, 5.74) is 1.09. The van der Waals surface area contributed by atoms with Crippen LogP contribution < -0.4 is 10.2 Å². The van der Waals surface area contributed by atoms with E-state index in [2.05, 4.69) is 54.9 Å². The van der Waals surface area contributed by atoms with Crippen LogP contribution in [0.1, 0.15) is 46.2 Å². The van der Waals surface area contributed by atoms with Gasteiger partial charge in [0.2, 0.25) is 0 Å². The van der Waals surface area contributed by atoms with Gasteiger partial charge in [0, 0.05) is 31.9 Å². The molecule has 102 valence electrons. The first-order valence-electron chi connectivity index (χ1n) is 6.69. The molecule has 1 aromatic heterocycles. The molecule has 0 atom stereocenters. The number of unbranched alkanes of at least 4 members (excludes halogenated alkanes) is 1. The average molecular weight is 250 g/mol. The molecule has 0 saturated carbocycles. The van der Waals surface area contributed by atoms with Gasteiger partial charge in [0.15, 0.2) is 0 Å². The molecule has 1 aromatic rings. The van der Waals surface area contributed by atoms with Crippen molar-refractivity contribution in [2.75, 3.05) is 18.5 Å². The molecule has 4 heteroatoms. The summed E-state index contributed by atoms with van der Waals surface area (Å²) in [4.78, 5) is 11.1. The van der Waals surface area contributed by atoms with Crippen molar-refractivity contribution in [3.05, 3.63) is 18.1 Å². The molecule has 1 rings (SSSR count). The molecule has 0 fully saturated rings. The molecule has 0 bridgehead atoms. The number of rotatable bonds is 6. The molecule has 4 nitrogen and oxygen atoms in total. The van der Waals surface area contributed by atoms with Gasteiger partial charge < -0.3 is 10.2 Å². The van der Waals surface area contributed by atoms with Gasteiger partial charge in [-0.15, -0.1) is 0 Å². The highest BCUT2D eigenvalue weighted by atomic mass is 15.2. The Morgan fingerprint density at radius 1 is 1.28 bits per heavy atom. The lowest BCUT2D eigenvalue weighted by atomic mass is 10.1. The van der Waals surface area contributed by atoms with Gasteiger partial charge in [-0.2, -0.15) is 0 Å². The molecule has 1 N–H and O–H groups in total. The molecule has 0 amide bonds. The van der Waals surface area contributed by atoms with E-state index < -0.39 is 0 Å². The summed E-state index contributed by atoms with van der Waals surface area (Å²) in [6.07, 6.45) is 6.04. The zero-order valence-corrected chi connectivity index (χ0v) is 12.3. The Kier molecular flexibility index (Phi) is 5.54. The summed E-state index contributed by atoms with van der Waals surface area (Å²) in [7, 11) is 2.07. The average Bonchev–Trinajstić information content (AvgIpc) is 2.33. The molecule has 1 heterocycles. The molecule has 0 aliphatic rings. The van der Waals surface area contributed by atoms with Crippen LogP contribution in [0, 0.1) is 0 Å². The second-order valence-electron chi connectivity index (χ2n) is 5.75. The number of aromatic nitrogens is 2. The monoisotopic (exact) mass is 250 g/mol. The van der Waals surface area contributed by atoms with Crippen LogP contribution in [0.2, 0.25) is 0 Å².